The minimum atomic E-state index is -4.62. The highest BCUT2D eigenvalue weighted by molar-refractivity contribution is 7.45. The van der Waals surface area contributed by atoms with Gasteiger partial charge in [0.05, 0.1) is 39.9 Å². The summed E-state index contributed by atoms with van der Waals surface area (Å²) in [6.07, 6.45) is 79.9. The van der Waals surface area contributed by atoms with E-state index in [9.17, 15) is 19.4 Å². The molecule has 3 unspecified atom stereocenters. The molecule has 0 bridgehead atoms. The number of phosphoric ester groups is 1. The Labute approximate surface area is 450 Å². The lowest BCUT2D eigenvalue weighted by atomic mass is 10.0. The van der Waals surface area contributed by atoms with E-state index in [1.54, 1.807) is 6.08 Å². The Balaban J connectivity index is 4.26. The number of aliphatic hydroxyl groups is 1. The van der Waals surface area contributed by atoms with Crippen molar-refractivity contribution in [2.24, 2.45) is 0 Å². The van der Waals surface area contributed by atoms with Gasteiger partial charge in [-0.2, -0.15) is 0 Å². The van der Waals surface area contributed by atoms with Gasteiger partial charge in [0.15, 0.2) is 0 Å². The minimum absolute atomic E-state index is 0.0142. The smallest absolute Gasteiger partial charge is 0.268 e. The van der Waals surface area contributed by atoms with Crippen LogP contribution in [0.3, 0.4) is 0 Å². The van der Waals surface area contributed by atoms with Gasteiger partial charge in [-0.15, -0.1) is 0 Å². The number of carbonyl (C=O) groups is 1. The maximum absolute atomic E-state index is 13.0. The number of likely N-dealkylation sites (N-methyl/N-ethyl adjacent to an activating group) is 1. The number of hydrogen-bond acceptors (Lipinski definition) is 6. The lowest BCUT2D eigenvalue weighted by Gasteiger charge is -2.29. The molecule has 0 aliphatic rings. The van der Waals surface area contributed by atoms with Gasteiger partial charge >= 0.3 is 0 Å². The third-order valence-corrected chi connectivity index (χ3v) is 13.4. The third kappa shape index (κ3) is 56.5. The van der Waals surface area contributed by atoms with Crippen LogP contribution in [0.5, 0.6) is 0 Å². The second-order valence-corrected chi connectivity index (χ2v) is 22.0. The predicted molar refractivity (Wildman–Crippen MR) is 315 cm³/mol. The first-order chi connectivity index (χ1) is 35.5. The molecule has 0 fully saturated rings. The molecule has 0 aromatic rings. The van der Waals surface area contributed by atoms with E-state index in [4.69, 9.17) is 9.05 Å². The second kappa shape index (κ2) is 53.7. The van der Waals surface area contributed by atoms with E-state index >= 15 is 0 Å². The first kappa shape index (κ1) is 69.9. The molecular weight excluding hydrogens is 924 g/mol. The molecule has 0 aromatic carbocycles. The van der Waals surface area contributed by atoms with Gasteiger partial charge in [-0.3, -0.25) is 9.36 Å². The fourth-order valence-corrected chi connectivity index (χ4v) is 8.55. The van der Waals surface area contributed by atoms with Gasteiger partial charge in [0.1, 0.15) is 13.2 Å². The number of amides is 1. The summed E-state index contributed by atoms with van der Waals surface area (Å²) in [6.45, 7) is 4.50. The molecule has 9 heteroatoms. The molecule has 0 saturated heterocycles. The normalized spacial score (nSPS) is 14.8. The summed E-state index contributed by atoms with van der Waals surface area (Å²) in [5.41, 5.74) is 0. The van der Waals surface area contributed by atoms with Crippen LogP contribution >= 0.6 is 7.82 Å². The molecule has 73 heavy (non-hydrogen) atoms. The monoisotopic (exact) mass is 1030 g/mol. The van der Waals surface area contributed by atoms with Crippen molar-refractivity contribution in [2.75, 3.05) is 40.9 Å². The number of phosphoric acid groups is 1. The first-order valence-electron chi connectivity index (χ1n) is 29.4. The van der Waals surface area contributed by atoms with Gasteiger partial charge in [-0.05, 0) is 96.3 Å². The summed E-state index contributed by atoms with van der Waals surface area (Å²) in [5, 5.41) is 13.9. The van der Waals surface area contributed by atoms with Gasteiger partial charge in [0, 0.05) is 6.42 Å². The fraction of sp³-hybridized carbons (Fsp3) is 0.672. The van der Waals surface area contributed by atoms with Crippen molar-refractivity contribution in [1.82, 2.24) is 5.32 Å². The topological polar surface area (TPSA) is 108 Å². The summed E-state index contributed by atoms with van der Waals surface area (Å²) in [7, 11) is 1.22. The Morgan fingerprint density at radius 1 is 0.493 bits per heavy atom. The van der Waals surface area contributed by atoms with Crippen LogP contribution in [0.4, 0.5) is 0 Å². The number of hydrogen-bond donors (Lipinski definition) is 2. The van der Waals surface area contributed by atoms with Crippen LogP contribution < -0.4 is 10.2 Å². The minimum Gasteiger partial charge on any atom is -0.756 e. The van der Waals surface area contributed by atoms with Crippen LogP contribution in [0.15, 0.2) is 122 Å². The number of carbonyl (C=O) groups excluding carboxylic acids is 1. The number of allylic oxidation sites excluding steroid dienone is 19. The molecular formula is C64H111N2O6P. The zero-order valence-electron chi connectivity index (χ0n) is 47.5. The van der Waals surface area contributed by atoms with Crippen LogP contribution in [0.1, 0.15) is 226 Å². The summed E-state index contributed by atoms with van der Waals surface area (Å²) in [4.78, 5) is 25.5. The van der Waals surface area contributed by atoms with Crippen molar-refractivity contribution < 1.29 is 32.9 Å². The zero-order valence-corrected chi connectivity index (χ0v) is 48.4. The van der Waals surface area contributed by atoms with E-state index in [2.05, 4.69) is 129 Å². The predicted octanol–water partition coefficient (Wildman–Crippen LogP) is 17.5. The highest BCUT2D eigenvalue weighted by Gasteiger charge is 2.23. The van der Waals surface area contributed by atoms with Crippen molar-refractivity contribution in [3.05, 3.63) is 122 Å². The van der Waals surface area contributed by atoms with E-state index in [1.165, 1.54) is 103 Å². The van der Waals surface area contributed by atoms with Crippen molar-refractivity contribution in [1.29, 1.82) is 0 Å². The van der Waals surface area contributed by atoms with Crippen molar-refractivity contribution in [2.45, 2.75) is 238 Å². The standard InChI is InChI=1S/C64H111N2O6P/c1-6-8-10-12-14-16-18-20-22-24-26-27-28-29-30-31-32-33-34-35-36-37-38-39-40-42-44-46-48-50-52-54-56-58-64(68)65-62(61-72-73(69,70)71-60-59-66(3,4)5)63(67)57-55-53-51-49-47-45-43-41-25-23-21-19-17-15-13-11-9-7-2/h8,10,14,16,20,22,26-27,29-30,32-33,35-36,38-39,47,49,55,57,62-63,67H,6-7,9,11-13,15,17-19,21,23-25,28,31,34,37,40-46,48,50-54,56,58-61H2,1-5H3,(H-,65,68,69,70)/b10-8-,16-14-,22-20-,27-26-,30-29-,33-32-,36-35-,39-38-,49-47+,57-55+. The SMILES string of the molecule is CC/C=C\C/C=C\C/C=C\C/C=C\C/C=C\C/C=C\C/C=C\C/C=C\CCCCCCCCCCC(=O)NC(COP(=O)([O-])OCC[N+](C)(C)C)C(O)/C=C/CC/C=C/CCCCCCCCCCCCCC. The highest BCUT2D eigenvalue weighted by Crippen LogP contribution is 2.38. The molecule has 0 aliphatic heterocycles. The second-order valence-electron chi connectivity index (χ2n) is 20.6. The molecule has 0 spiro atoms. The number of rotatable bonds is 52. The molecule has 0 heterocycles. The lowest BCUT2D eigenvalue weighted by molar-refractivity contribution is -0.870. The molecule has 3 atom stereocenters. The van der Waals surface area contributed by atoms with Crippen molar-refractivity contribution >= 4 is 13.7 Å². The Morgan fingerprint density at radius 3 is 1.27 bits per heavy atom. The van der Waals surface area contributed by atoms with E-state index in [0.717, 1.165) is 103 Å². The van der Waals surface area contributed by atoms with E-state index < -0.39 is 26.6 Å². The Morgan fingerprint density at radius 2 is 0.849 bits per heavy atom. The number of quaternary nitrogens is 1. The van der Waals surface area contributed by atoms with Gasteiger partial charge in [-0.1, -0.05) is 245 Å². The summed E-state index contributed by atoms with van der Waals surface area (Å²) < 4.78 is 23.3. The average Bonchev–Trinajstić information content (AvgIpc) is 3.35. The van der Waals surface area contributed by atoms with Crippen LogP contribution in [-0.2, 0) is 18.4 Å². The maximum Gasteiger partial charge on any atom is 0.268 e. The fourth-order valence-electron chi connectivity index (χ4n) is 7.83. The van der Waals surface area contributed by atoms with Crippen LogP contribution in [0.25, 0.3) is 0 Å². The number of unbranched alkanes of at least 4 members (excludes halogenated alkanes) is 21. The maximum atomic E-state index is 13.0. The van der Waals surface area contributed by atoms with Gasteiger partial charge < -0.3 is 28.8 Å². The quantitative estimate of drug-likeness (QED) is 0.0272. The molecule has 0 aliphatic carbocycles. The van der Waals surface area contributed by atoms with Crippen molar-refractivity contribution in [3.63, 3.8) is 0 Å². The molecule has 0 saturated carbocycles. The number of aliphatic hydroxyl groups excluding tert-OH is 1. The Bertz CT molecular complexity index is 1600. The van der Waals surface area contributed by atoms with E-state index in [1.807, 2.05) is 27.2 Å². The number of nitrogens with zero attached hydrogens (tertiary/aromatic N) is 1. The largest absolute Gasteiger partial charge is 0.756 e. The average molecular weight is 1040 g/mol. The van der Waals surface area contributed by atoms with Gasteiger partial charge in [0.2, 0.25) is 5.91 Å². The summed E-state index contributed by atoms with van der Waals surface area (Å²) >= 11 is 0. The zero-order chi connectivity index (χ0) is 53.5. The molecule has 8 nitrogen and oxygen atoms in total. The van der Waals surface area contributed by atoms with E-state index in [0.29, 0.717) is 17.4 Å². The molecule has 1 amide bonds. The third-order valence-electron chi connectivity index (χ3n) is 12.4. The molecule has 0 radical (unpaired) electrons. The lowest BCUT2D eigenvalue weighted by Crippen LogP contribution is -2.45. The van der Waals surface area contributed by atoms with Gasteiger partial charge in [-0.25, -0.2) is 0 Å². The molecule has 2 N–H and O–H groups in total. The molecule has 418 valence electrons. The van der Waals surface area contributed by atoms with Crippen molar-refractivity contribution in [3.8, 4) is 0 Å². The molecule has 0 aromatic heterocycles. The summed E-state index contributed by atoms with van der Waals surface area (Å²) in [6, 6.07) is -0.917. The molecule has 0 rings (SSSR count). The van der Waals surface area contributed by atoms with Crippen LogP contribution in [-0.4, -0.2) is 68.5 Å². The van der Waals surface area contributed by atoms with Crippen LogP contribution in [0.2, 0.25) is 0 Å². The Hall–Kier alpha value is -3.10. The first-order valence-corrected chi connectivity index (χ1v) is 30.9. The van der Waals surface area contributed by atoms with Crippen LogP contribution in [0, 0.1) is 0 Å². The van der Waals surface area contributed by atoms with Gasteiger partial charge in [0.25, 0.3) is 7.82 Å². The van der Waals surface area contributed by atoms with E-state index in [-0.39, 0.29) is 12.5 Å². The Kier molecular flexibility index (Phi) is 51.4. The summed E-state index contributed by atoms with van der Waals surface area (Å²) in [5.74, 6) is -0.220. The highest BCUT2D eigenvalue weighted by atomic mass is 31.2. The number of nitrogens with one attached hydrogen (secondary N) is 1.